The van der Waals surface area contributed by atoms with Crippen LogP contribution in [-0.2, 0) is 11.3 Å². The van der Waals surface area contributed by atoms with Crippen LogP contribution in [0, 0.1) is 0 Å². The van der Waals surface area contributed by atoms with Gasteiger partial charge in [-0.15, -0.1) is 10.2 Å². The van der Waals surface area contributed by atoms with Gasteiger partial charge in [-0.2, -0.15) is 0 Å². The average Bonchev–Trinajstić information content (AvgIpc) is 3.40. The molecule has 3 rings (SSSR count). The molecular weight excluding hydrogens is 368 g/mol. The summed E-state index contributed by atoms with van der Waals surface area (Å²) in [4.78, 5) is 25.8. The summed E-state index contributed by atoms with van der Waals surface area (Å²) in [5.41, 5.74) is 0. The number of carbonyl (C=O) groups excluding carboxylic acids is 2. The molecule has 0 radical (unpaired) electrons. The van der Waals surface area contributed by atoms with Crippen LogP contribution in [0.25, 0.3) is 0 Å². The molecule has 1 aliphatic heterocycles. The Labute approximate surface area is 161 Å². The first-order valence-corrected chi connectivity index (χ1v) is 10.1. The minimum absolute atomic E-state index is 0.0792. The van der Waals surface area contributed by atoms with Gasteiger partial charge < -0.3 is 14.6 Å². The Hall–Kier alpha value is -2.49. The van der Waals surface area contributed by atoms with Crippen LogP contribution >= 0.6 is 11.8 Å². The number of nitrogens with zero attached hydrogens (tertiary/aromatic N) is 4. The fourth-order valence-corrected chi connectivity index (χ4v) is 3.54. The number of carbonyl (C=O) groups is 2. The Bertz CT molecular complexity index is 755. The van der Waals surface area contributed by atoms with E-state index in [1.165, 1.54) is 11.8 Å². The molecule has 27 heavy (non-hydrogen) atoms. The SMILES string of the molecule is CCCNC(=O)NC(=O)CSc1nnc(N2CCCC2)n1Cc1ccco1. The molecule has 1 aliphatic rings. The number of rotatable bonds is 8. The first-order valence-electron chi connectivity index (χ1n) is 9.08. The second-order valence-electron chi connectivity index (χ2n) is 6.23. The van der Waals surface area contributed by atoms with E-state index in [4.69, 9.17) is 4.42 Å². The van der Waals surface area contributed by atoms with Crippen molar-refractivity contribution >= 4 is 29.6 Å². The van der Waals surface area contributed by atoms with Crippen LogP contribution in [0.5, 0.6) is 0 Å². The molecule has 0 spiro atoms. The van der Waals surface area contributed by atoms with Crippen molar-refractivity contribution in [3.05, 3.63) is 24.2 Å². The van der Waals surface area contributed by atoms with Crippen molar-refractivity contribution < 1.29 is 14.0 Å². The summed E-state index contributed by atoms with van der Waals surface area (Å²) in [6, 6.07) is 3.26. The molecule has 10 heteroatoms. The lowest BCUT2D eigenvalue weighted by molar-refractivity contribution is -0.117. The summed E-state index contributed by atoms with van der Waals surface area (Å²) in [5, 5.41) is 14.1. The number of amides is 3. The molecule has 1 saturated heterocycles. The number of anilines is 1. The Morgan fingerprint density at radius 2 is 2.11 bits per heavy atom. The number of furan rings is 1. The van der Waals surface area contributed by atoms with Crippen molar-refractivity contribution in [2.45, 2.75) is 37.9 Å². The van der Waals surface area contributed by atoms with Crippen LogP contribution < -0.4 is 15.5 Å². The highest BCUT2D eigenvalue weighted by atomic mass is 32.2. The van der Waals surface area contributed by atoms with E-state index in [9.17, 15) is 9.59 Å². The summed E-state index contributed by atoms with van der Waals surface area (Å²) < 4.78 is 7.42. The number of urea groups is 1. The molecule has 1 fully saturated rings. The highest BCUT2D eigenvalue weighted by Gasteiger charge is 2.22. The van der Waals surface area contributed by atoms with E-state index in [0.29, 0.717) is 18.2 Å². The van der Waals surface area contributed by atoms with E-state index >= 15 is 0 Å². The topological polar surface area (TPSA) is 105 Å². The summed E-state index contributed by atoms with van der Waals surface area (Å²) in [5.74, 6) is 1.28. The fraction of sp³-hybridized carbons (Fsp3) is 0.529. The van der Waals surface area contributed by atoms with Gasteiger partial charge in [-0.25, -0.2) is 4.79 Å². The predicted octanol–water partition coefficient (Wildman–Crippen LogP) is 1.85. The molecule has 2 aromatic heterocycles. The second kappa shape index (κ2) is 9.45. The molecule has 0 atom stereocenters. The van der Waals surface area contributed by atoms with Gasteiger partial charge in [-0.3, -0.25) is 14.7 Å². The Morgan fingerprint density at radius 1 is 1.30 bits per heavy atom. The zero-order valence-corrected chi connectivity index (χ0v) is 16.1. The van der Waals surface area contributed by atoms with E-state index < -0.39 is 6.03 Å². The molecule has 0 aromatic carbocycles. The zero-order chi connectivity index (χ0) is 19.1. The van der Waals surface area contributed by atoms with Gasteiger partial charge >= 0.3 is 6.03 Å². The van der Waals surface area contributed by atoms with Crippen LogP contribution in [0.2, 0.25) is 0 Å². The van der Waals surface area contributed by atoms with Gasteiger partial charge in [0.05, 0.1) is 18.6 Å². The lowest BCUT2D eigenvalue weighted by Gasteiger charge is -2.17. The number of imide groups is 1. The van der Waals surface area contributed by atoms with E-state index in [1.807, 2.05) is 23.6 Å². The van der Waals surface area contributed by atoms with Gasteiger partial charge in [-0.05, 0) is 31.4 Å². The Morgan fingerprint density at radius 3 is 2.81 bits per heavy atom. The normalized spacial score (nSPS) is 13.7. The molecule has 3 amide bonds. The molecule has 0 saturated carbocycles. The quantitative estimate of drug-likeness (QED) is 0.661. The minimum Gasteiger partial charge on any atom is -0.467 e. The van der Waals surface area contributed by atoms with Gasteiger partial charge in [0.15, 0.2) is 5.16 Å². The van der Waals surface area contributed by atoms with E-state index in [-0.39, 0.29) is 11.7 Å². The summed E-state index contributed by atoms with van der Waals surface area (Å²) in [6.45, 7) is 4.86. The van der Waals surface area contributed by atoms with Gasteiger partial charge in [0.2, 0.25) is 11.9 Å². The second-order valence-corrected chi connectivity index (χ2v) is 7.18. The van der Waals surface area contributed by atoms with Crippen molar-refractivity contribution in [3.8, 4) is 0 Å². The summed E-state index contributed by atoms with van der Waals surface area (Å²) in [7, 11) is 0. The Kier molecular flexibility index (Phi) is 6.74. The first-order chi connectivity index (χ1) is 13.2. The monoisotopic (exact) mass is 392 g/mol. The van der Waals surface area contributed by atoms with Crippen LogP contribution in [0.15, 0.2) is 28.0 Å². The maximum atomic E-state index is 12.0. The Balaban J connectivity index is 1.65. The number of aromatic nitrogens is 3. The first kappa shape index (κ1) is 19.3. The molecule has 9 nitrogen and oxygen atoms in total. The van der Waals surface area contributed by atoms with E-state index in [1.54, 1.807) is 6.26 Å². The van der Waals surface area contributed by atoms with E-state index in [2.05, 4.69) is 25.7 Å². The van der Waals surface area contributed by atoms with Crippen molar-refractivity contribution in [2.24, 2.45) is 0 Å². The summed E-state index contributed by atoms with van der Waals surface area (Å²) >= 11 is 1.25. The number of thioether (sulfide) groups is 1. The summed E-state index contributed by atoms with van der Waals surface area (Å²) in [6.07, 6.45) is 4.70. The molecule has 0 unspecified atom stereocenters. The fourth-order valence-electron chi connectivity index (χ4n) is 2.81. The van der Waals surface area contributed by atoms with Crippen LogP contribution in [-0.4, -0.2) is 52.1 Å². The van der Waals surface area contributed by atoms with Gasteiger partial charge in [-0.1, -0.05) is 18.7 Å². The van der Waals surface area contributed by atoms with Gasteiger partial charge in [0, 0.05) is 19.6 Å². The van der Waals surface area contributed by atoms with Crippen molar-refractivity contribution in [1.82, 2.24) is 25.4 Å². The number of hydrogen-bond donors (Lipinski definition) is 2. The molecule has 2 aromatic rings. The highest BCUT2D eigenvalue weighted by Crippen LogP contribution is 2.25. The number of nitrogens with one attached hydrogen (secondary N) is 2. The molecule has 146 valence electrons. The van der Waals surface area contributed by atoms with Crippen LogP contribution in [0.3, 0.4) is 0 Å². The number of hydrogen-bond acceptors (Lipinski definition) is 7. The van der Waals surface area contributed by atoms with Crippen molar-refractivity contribution in [3.63, 3.8) is 0 Å². The van der Waals surface area contributed by atoms with Crippen LogP contribution in [0.1, 0.15) is 31.9 Å². The maximum Gasteiger partial charge on any atom is 0.321 e. The van der Waals surface area contributed by atoms with Crippen molar-refractivity contribution in [2.75, 3.05) is 30.3 Å². The third-order valence-electron chi connectivity index (χ3n) is 4.10. The largest absolute Gasteiger partial charge is 0.467 e. The molecule has 0 bridgehead atoms. The predicted molar refractivity (Wildman–Crippen MR) is 102 cm³/mol. The smallest absolute Gasteiger partial charge is 0.321 e. The third kappa shape index (κ3) is 5.25. The highest BCUT2D eigenvalue weighted by molar-refractivity contribution is 7.99. The van der Waals surface area contributed by atoms with Gasteiger partial charge in [0.25, 0.3) is 0 Å². The zero-order valence-electron chi connectivity index (χ0n) is 15.3. The minimum atomic E-state index is -0.475. The third-order valence-corrected chi connectivity index (χ3v) is 5.07. The standard InChI is InChI=1S/C17H24N6O3S/c1-2-7-18-15(25)19-14(24)12-27-17-21-20-16(22-8-3-4-9-22)23(17)11-13-6-5-10-26-13/h5-6,10H,2-4,7-9,11-12H2,1H3,(H2,18,19,24,25). The van der Waals surface area contributed by atoms with Gasteiger partial charge in [0.1, 0.15) is 5.76 Å². The molecule has 3 heterocycles. The molecular formula is C17H24N6O3S. The molecule has 0 aliphatic carbocycles. The average molecular weight is 392 g/mol. The van der Waals surface area contributed by atoms with Crippen LogP contribution in [0.4, 0.5) is 10.7 Å². The molecule has 2 N–H and O–H groups in total. The maximum absolute atomic E-state index is 12.0. The van der Waals surface area contributed by atoms with Crippen molar-refractivity contribution in [1.29, 1.82) is 0 Å². The van der Waals surface area contributed by atoms with E-state index in [0.717, 1.165) is 44.1 Å². The lowest BCUT2D eigenvalue weighted by atomic mass is 10.4. The lowest BCUT2D eigenvalue weighted by Crippen LogP contribution is -2.40.